The Morgan fingerprint density at radius 1 is 1.00 bits per heavy atom. The maximum absolute atomic E-state index is 13.1. The van der Waals surface area contributed by atoms with Gasteiger partial charge in [0.15, 0.2) is 0 Å². The molecule has 172 valence electrons. The van der Waals surface area contributed by atoms with Crippen LogP contribution < -0.4 is 4.90 Å². The molecule has 32 heavy (non-hydrogen) atoms. The normalized spacial score (nSPS) is 21.5. The van der Waals surface area contributed by atoms with Crippen LogP contribution in [0.25, 0.3) is 0 Å². The first-order valence-corrected chi connectivity index (χ1v) is 12.7. The molecule has 1 heterocycles. The Bertz CT molecular complexity index is 934. The second kappa shape index (κ2) is 10.9. The third kappa shape index (κ3) is 5.56. The van der Waals surface area contributed by atoms with E-state index < -0.39 is 14.7 Å². The van der Waals surface area contributed by atoms with Gasteiger partial charge < -0.3 is 24.3 Å². The summed E-state index contributed by atoms with van der Waals surface area (Å²) in [5.74, 6) is 0.164. The molecule has 1 aliphatic heterocycles. The Morgan fingerprint density at radius 3 is 2.66 bits per heavy atom. The Labute approximate surface area is 190 Å². The van der Waals surface area contributed by atoms with Crippen molar-refractivity contribution >= 4 is 20.2 Å². The van der Waals surface area contributed by atoms with E-state index in [4.69, 9.17) is 14.3 Å². The lowest BCUT2D eigenvalue weighted by molar-refractivity contribution is -0.120. The zero-order valence-electron chi connectivity index (χ0n) is 18.3. The molecule has 3 N–H and O–H groups in total. The molecule has 6 nitrogen and oxygen atoms in total. The largest absolute Gasteiger partial charge is 0.388 e. The predicted molar refractivity (Wildman–Crippen MR) is 125 cm³/mol. The third-order valence-electron chi connectivity index (χ3n) is 6.58. The van der Waals surface area contributed by atoms with Gasteiger partial charge >= 0.3 is 8.60 Å². The zero-order chi connectivity index (χ0) is 22.5. The summed E-state index contributed by atoms with van der Waals surface area (Å²) < 4.78 is 4.90. The van der Waals surface area contributed by atoms with E-state index in [2.05, 4.69) is 12.1 Å². The topological polar surface area (TPSA) is 90.2 Å². The van der Waals surface area contributed by atoms with Gasteiger partial charge in [0.05, 0.1) is 12.7 Å². The summed E-state index contributed by atoms with van der Waals surface area (Å²) in [6.45, 7) is 0.259. The molecular weight excluding hydrogens is 425 g/mol. The fraction of sp³-hybridized carbons (Fsp3) is 0.480. The highest BCUT2D eigenvalue weighted by Gasteiger charge is 2.32. The zero-order valence-corrected chi connectivity index (χ0v) is 19.2. The van der Waals surface area contributed by atoms with Crippen LogP contribution in [0.3, 0.4) is 0 Å². The monoisotopic (exact) mass is 457 g/mol. The van der Waals surface area contributed by atoms with Crippen LogP contribution in [-0.2, 0) is 28.6 Å². The Hall–Kier alpha value is -1.82. The second-order valence-electron chi connectivity index (χ2n) is 8.78. The van der Waals surface area contributed by atoms with Crippen molar-refractivity contribution in [1.29, 1.82) is 0 Å². The van der Waals surface area contributed by atoms with Gasteiger partial charge in [0.1, 0.15) is 0 Å². The van der Waals surface area contributed by atoms with Gasteiger partial charge in [-0.25, -0.2) is 0 Å². The SMILES string of the molecule is O=C1CCCC(Cc2cccc(CCOP(O)O)c2)N1c1cccc2c1CCCCC2O. The minimum absolute atomic E-state index is 0.0809. The average Bonchev–Trinajstić information content (AvgIpc) is 2.96. The number of hydrogen-bond acceptors (Lipinski definition) is 5. The van der Waals surface area contributed by atoms with E-state index in [0.717, 1.165) is 72.9 Å². The molecule has 1 saturated heterocycles. The molecule has 0 radical (unpaired) electrons. The number of fused-ring (bicyclic) bond motifs is 1. The maximum Gasteiger partial charge on any atom is 0.327 e. The summed E-state index contributed by atoms with van der Waals surface area (Å²) in [7, 11) is -2.33. The molecule has 0 spiro atoms. The van der Waals surface area contributed by atoms with Crippen molar-refractivity contribution in [3.63, 3.8) is 0 Å². The molecule has 1 aliphatic carbocycles. The fourth-order valence-corrected chi connectivity index (χ4v) is 5.35. The maximum atomic E-state index is 13.1. The van der Waals surface area contributed by atoms with Crippen LogP contribution in [0, 0.1) is 0 Å². The first-order chi connectivity index (χ1) is 15.5. The molecule has 2 atom stereocenters. The lowest BCUT2D eigenvalue weighted by Gasteiger charge is -2.37. The molecule has 7 heteroatoms. The first-order valence-electron chi connectivity index (χ1n) is 11.5. The second-order valence-corrected chi connectivity index (χ2v) is 9.54. The predicted octanol–water partition coefficient (Wildman–Crippen LogP) is 4.35. The average molecular weight is 458 g/mol. The highest BCUT2D eigenvalue weighted by molar-refractivity contribution is 7.39. The molecule has 2 aromatic carbocycles. The lowest BCUT2D eigenvalue weighted by Crippen LogP contribution is -2.45. The van der Waals surface area contributed by atoms with Crippen LogP contribution >= 0.6 is 8.60 Å². The highest BCUT2D eigenvalue weighted by Crippen LogP contribution is 2.38. The van der Waals surface area contributed by atoms with Crippen LogP contribution in [0.5, 0.6) is 0 Å². The summed E-state index contributed by atoms with van der Waals surface area (Å²) in [4.78, 5) is 33.0. The third-order valence-corrected chi connectivity index (χ3v) is 7.00. The van der Waals surface area contributed by atoms with Gasteiger partial charge in [0.2, 0.25) is 5.91 Å². The van der Waals surface area contributed by atoms with Crippen LogP contribution in [-0.4, -0.2) is 33.4 Å². The van der Waals surface area contributed by atoms with Crippen molar-refractivity contribution in [3.8, 4) is 0 Å². The van der Waals surface area contributed by atoms with Crippen LogP contribution in [0.15, 0.2) is 42.5 Å². The number of nitrogens with zero attached hydrogens (tertiary/aromatic N) is 1. The minimum atomic E-state index is -2.33. The van der Waals surface area contributed by atoms with E-state index in [1.54, 1.807) is 0 Å². The van der Waals surface area contributed by atoms with E-state index in [1.807, 2.05) is 35.2 Å². The summed E-state index contributed by atoms with van der Waals surface area (Å²) in [5, 5.41) is 10.6. The summed E-state index contributed by atoms with van der Waals surface area (Å²) >= 11 is 0. The van der Waals surface area contributed by atoms with Crippen molar-refractivity contribution in [2.75, 3.05) is 11.5 Å². The van der Waals surface area contributed by atoms with Crippen molar-refractivity contribution < 1.29 is 24.2 Å². The fourth-order valence-electron chi connectivity index (χ4n) is 5.09. The lowest BCUT2D eigenvalue weighted by atomic mass is 9.91. The van der Waals surface area contributed by atoms with Crippen LogP contribution in [0.4, 0.5) is 5.69 Å². The molecule has 0 aromatic heterocycles. The van der Waals surface area contributed by atoms with E-state index in [-0.39, 0.29) is 18.6 Å². The summed E-state index contributed by atoms with van der Waals surface area (Å²) in [5.41, 5.74) is 5.32. The number of hydrogen-bond donors (Lipinski definition) is 3. The van der Waals surface area contributed by atoms with Crippen molar-refractivity contribution in [1.82, 2.24) is 0 Å². The number of carbonyl (C=O) groups excluding carboxylic acids is 1. The first kappa shape index (κ1) is 23.3. The smallest absolute Gasteiger partial charge is 0.327 e. The standard InChI is InChI=1S/C25H32NO5P/c27-24-12-2-1-9-21-22(24)10-5-11-23(21)26-20(8-4-13-25(26)28)17-19-7-3-6-18(16-19)14-15-31-32(29)30/h3,5-7,10-11,16,20,24,27,29-30H,1-2,4,8-9,12-15,17H2. The number of aliphatic hydroxyl groups excluding tert-OH is 1. The quantitative estimate of drug-likeness (QED) is 0.425. The van der Waals surface area contributed by atoms with Gasteiger partial charge in [-0.3, -0.25) is 4.79 Å². The van der Waals surface area contributed by atoms with Crippen molar-refractivity contribution in [2.24, 2.45) is 0 Å². The van der Waals surface area contributed by atoms with Crippen LogP contribution in [0.1, 0.15) is 66.9 Å². The number of amides is 1. The molecule has 0 bridgehead atoms. The van der Waals surface area contributed by atoms with Crippen molar-refractivity contribution in [3.05, 3.63) is 64.7 Å². The summed E-state index contributed by atoms with van der Waals surface area (Å²) in [6, 6.07) is 14.3. The molecule has 2 unspecified atom stereocenters. The van der Waals surface area contributed by atoms with Gasteiger partial charge in [-0.15, -0.1) is 0 Å². The number of benzene rings is 2. The van der Waals surface area contributed by atoms with Crippen molar-refractivity contribution in [2.45, 2.75) is 69.9 Å². The van der Waals surface area contributed by atoms with Gasteiger partial charge in [-0.2, -0.15) is 0 Å². The molecule has 2 aromatic rings. The molecular formula is C25H32NO5P. The number of rotatable bonds is 7. The highest BCUT2D eigenvalue weighted by atomic mass is 31.2. The Kier molecular flexibility index (Phi) is 7.93. The number of carbonyl (C=O) groups is 1. The molecule has 0 saturated carbocycles. The number of aliphatic hydroxyl groups is 1. The molecule has 1 fully saturated rings. The Morgan fingerprint density at radius 2 is 1.81 bits per heavy atom. The van der Waals surface area contributed by atoms with Crippen LogP contribution in [0.2, 0.25) is 0 Å². The number of anilines is 1. The van der Waals surface area contributed by atoms with E-state index >= 15 is 0 Å². The van der Waals surface area contributed by atoms with E-state index in [9.17, 15) is 9.90 Å². The molecule has 4 rings (SSSR count). The minimum Gasteiger partial charge on any atom is -0.388 e. The van der Waals surface area contributed by atoms with Gasteiger partial charge in [0, 0.05) is 18.2 Å². The van der Waals surface area contributed by atoms with E-state index in [0.29, 0.717) is 12.8 Å². The number of piperidine rings is 1. The summed E-state index contributed by atoms with van der Waals surface area (Å²) in [6.07, 6.45) is 7.01. The van der Waals surface area contributed by atoms with Gasteiger partial charge in [-0.05, 0) is 73.3 Å². The molecule has 1 amide bonds. The molecule has 2 aliphatic rings. The Balaban J connectivity index is 1.57. The van der Waals surface area contributed by atoms with Gasteiger partial charge in [-0.1, -0.05) is 42.8 Å². The van der Waals surface area contributed by atoms with Gasteiger partial charge in [0.25, 0.3) is 0 Å². The van der Waals surface area contributed by atoms with E-state index in [1.165, 1.54) is 0 Å².